The number of hydrogen-bond donors (Lipinski definition) is 1. The molecule has 1 amide bonds. The summed E-state index contributed by atoms with van der Waals surface area (Å²) in [4.78, 5) is 27.6. The van der Waals surface area contributed by atoms with Gasteiger partial charge < -0.3 is 9.72 Å². The molecule has 3 rings (SSSR count). The second kappa shape index (κ2) is 4.70. The molecule has 0 radical (unpaired) electrons. The fourth-order valence-corrected chi connectivity index (χ4v) is 2.07. The molecule has 0 spiro atoms. The Morgan fingerprint density at radius 1 is 1.11 bits per heavy atom. The van der Waals surface area contributed by atoms with Crippen LogP contribution >= 0.6 is 0 Å². The molecule has 1 aliphatic heterocycles. The molecule has 5 heteroatoms. The molecule has 1 aromatic carbocycles. The number of rotatable bonds is 1. The summed E-state index contributed by atoms with van der Waals surface area (Å²) in [6.07, 6.45) is 1.51. The molecule has 0 fully saturated rings. The number of carbonyl (C=O) groups excluding carboxylic acids is 1. The fraction of sp³-hybridized carbons (Fsp3) is 0.143. The van der Waals surface area contributed by atoms with Crippen molar-refractivity contribution in [2.45, 2.75) is 6.61 Å². The molecule has 0 bridgehead atoms. The van der Waals surface area contributed by atoms with E-state index in [1.807, 2.05) is 18.2 Å². The van der Waals surface area contributed by atoms with Gasteiger partial charge in [0.25, 0.3) is 5.91 Å². The van der Waals surface area contributed by atoms with Gasteiger partial charge in [0.2, 0.25) is 5.56 Å². The summed E-state index contributed by atoms with van der Waals surface area (Å²) in [5, 5.41) is 0. The predicted molar refractivity (Wildman–Crippen MR) is 70.0 cm³/mol. The third kappa shape index (κ3) is 2.15. The van der Waals surface area contributed by atoms with E-state index in [2.05, 4.69) is 4.98 Å². The third-order valence-electron chi connectivity index (χ3n) is 3.05. The van der Waals surface area contributed by atoms with Crippen molar-refractivity contribution >= 4 is 11.6 Å². The van der Waals surface area contributed by atoms with Gasteiger partial charge in [-0.05, 0) is 17.7 Å². The lowest BCUT2D eigenvalue weighted by atomic mass is 10.1. The second-order valence-electron chi connectivity index (χ2n) is 4.28. The van der Waals surface area contributed by atoms with Gasteiger partial charge in [0.1, 0.15) is 6.73 Å². The van der Waals surface area contributed by atoms with E-state index in [0.717, 1.165) is 5.56 Å². The fourth-order valence-electron chi connectivity index (χ4n) is 2.07. The van der Waals surface area contributed by atoms with E-state index >= 15 is 0 Å². The first-order chi connectivity index (χ1) is 9.25. The van der Waals surface area contributed by atoms with Gasteiger partial charge in [0, 0.05) is 17.8 Å². The van der Waals surface area contributed by atoms with Gasteiger partial charge in [-0.2, -0.15) is 0 Å². The van der Waals surface area contributed by atoms with Crippen molar-refractivity contribution in [1.29, 1.82) is 0 Å². The van der Waals surface area contributed by atoms with Gasteiger partial charge in [-0.15, -0.1) is 0 Å². The van der Waals surface area contributed by atoms with Crippen LogP contribution in [0.2, 0.25) is 0 Å². The van der Waals surface area contributed by atoms with E-state index in [9.17, 15) is 9.59 Å². The van der Waals surface area contributed by atoms with Crippen molar-refractivity contribution in [3.05, 3.63) is 64.1 Å². The maximum atomic E-state index is 12.5. The van der Waals surface area contributed by atoms with Crippen molar-refractivity contribution in [1.82, 2.24) is 4.98 Å². The maximum Gasteiger partial charge on any atom is 0.260 e. The van der Waals surface area contributed by atoms with Crippen LogP contribution in [0.1, 0.15) is 15.9 Å². The first kappa shape index (κ1) is 11.7. The second-order valence-corrected chi connectivity index (χ2v) is 4.28. The van der Waals surface area contributed by atoms with Crippen LogP contribution in [0.5, 0.6) is 0 Å². The first-order valence-corrected chi connectivity index (χ1v) is 5.92. The summed E-state index contributed by atoms with van der Waals surface area (Å²) in [7, 11) is 0. The highest BCUT2D eigenvalue weighted by Crippen LogP contribution is 2.21. The molecule has 0 unspecified atom stereocenters. The molecule has 0 atom stereocenters. The molecule has 2 heterocycles. The summed E-state index contributed by atoms with van der Waals surface area (Å²) in [6, 6.07) is 10.4. The van der Waals surface area contributed by atoms with E-state index in [-0.39, 0.29) is 18.2 Å². The van der Waals surface area contributed by atoms with Crippen molar-refractivity contribution in [3.63, 3.8) is 0 Å². The number of ether oxygens (including phenoxy) is 1. The average Bonchev–Trinajstić information content (AvgIpc) is 2.60. The predicted octanol–water partition coefficient (Wildman–Crippen LogP) is 1.51. The molecule has 2 aromatic rings. The number of fused-ring (bicyclic) bond motifs is 1. The number of benzene rings is 1. The van der Waals surface area contributed by atoms with Crippen molar-refractivity contribution in [3.8, 4) is 0 Å². The standard InChI is InChI=1S/C14H12N2O3/c17-13-6-5-11(7-15-13)16-9-19-8-10-3-1-2-4-12(10)14(16)18/h1-7H,8-9H2,(H,15,17). The highest BCUT2D eigenvalue weighted by molar-refractivity contribution is 6.07. The normalized spacial score (nSPS) is 14.9. The molecule has 0 saturated heterocycles. The number of anilines is 1. The van der Waals surface area contributed by atoms with Gasteiger partial charge in [-0.1, -0.05) is 18.2 Å². The summed E-state index contributed by atoms with van der Waals surface area (Å²) >= 11 is 0. The minimum Gasteiger partial charge on any atom is -0.356 e. The summed E-state index contributed by atoms with van der Waals surface area (Å²) < 4.78 is 5.50. The number of H-pyrrole nitrogens is 1. The minimum absolute atomic E-state index is 0.125. The van der Waals surface area contributed by atoms with Gasteiger partial charge >= 0.3 is 0 Å². The number of nitrogens with one attached hydrogen (secondary N) is 1. The lowest BCUT2D eigenvalue weighted by molar-refractivity contribution is 0.0905. The van der Waals surface area contributed by atoms with Crippen molar-refractivity contribution in [2.75, 3.05) is 11.6 Å². The zero-order chi connectivity index (χ0) is 13.2. The lowest BCUT2D eigenvalue weighted by Gasteiger charge is -2.19. The van der Waals surface area contributed by atoms with Crippen molar-refractivity contribution < 1.29 is 9.53 Å². The number of nitrogens with zero attached hydrogens (tertiary/aromatic N) is 1. The van der Waals surface area contributed by atoms with Crippen LogP contribution in [-0.2, 0) is 11.3 Å². The Bertz CT molecular complexity index is 658. The van der Waals surface area contributed by atoms with Crippen molar-refractivity contribution in [2.24, 2.45) is 0 Å². The van der Waals surface area contributed by atoms with Crippen LogP contribution in [0.15, 0.2) is 47.4 Å². The molecule has 1 aliphatic rings. The molecule has 1 N–H and O–H groups in total. The highest BCUT2D eigenvalue weighted by atomic mass is 16.5. The third-order valence-corrected chi connectivity index (χ3v) is 3.05. The topological polar surface area (TPSA) is 62.4 Å². The highest BCUT2D eigenvalue weighted by Gasteiger charge is 2.23. The van der Waals surface area contributed by atoms with Crippen LogP contribution in [-0.4, -0.2) is 17.6 Å². The Hall–Kier alpha value is -2.40. The molecular weight excluding hydrogens is 244 g/mol. The van der Waals surface area contributed by atoms with E-state index in [1.165, 1.54) is 17.2 Å². The molecule has 96 valence electrons. The Labute approximate surface area is 109 Å². The lowest BCUT2D eigenvalue weighted by Crippen LogP contribution is -2.31. The zero-order valence-corrected chi connectivity index (χ0v) is 10.1. The summed E-state index contributed by atoms with van der Waals surface area (Å²) in [5.41, 5.74) is 1.92. The summed E-state index contributed by atoms with van der Waals surface area (Å²) in [5.74, 6) is -0.125. The molecule has 0 aliphatic carbocycles. The number of hydrogen-bond acceptors (Lipinski definition) is 3. The minimum atomic E-state index is -0.202. The van der Waals surface area contributed by atoms with E-state index < -0.39 is 0 Å². The Balaban J connectivity index is 2.02. The van der Waals surface area contributed by atoms with Gasteiger partial charge in [0.05, 0.1) is 12.3 Å². The number of carbonyl (C=O) groups is 1. The van der Waals surface area contributed by atoms with Crippen LogP contribution < -0.4 is 10.5 Å². The van der Waals surface area contributed by atoms with Crippen LogP contribution in [0.25, 0.3) is 0 Å². The molecule has 0 saturated carbocycles. The number of amides is 1. The largest absolute Gasteiger partial charge is 0.356 e. The smallest absolute Gasteiger partial charge is 0.260 e. The molecule has 5 nitrogen and oxygen atoms in total. The van der Waals surface area contributed by atoms with Crippen LogP contribution in [0.4, 0.5) is 5.69 Å². The number of pyridine rings is 1. The Kier molecular flexibility index (Phi) is 2.89. The maximum absolute atomic E-state index is 12.5. The monoisotopic (exact) mass is 256 g/mol. The average molecular weight is 256 g/mol. The molecule has 19 heavy (non-hydrogen) atoms. The molecule has 1 aromatic heterocycles. The number of aromatic amines is 1. The zero-order valence-electron chi connectivity index (χ0n) is 10.1. The van der Waals surface area contributed by atoms with E-state index in [4.69, 9.17) is 4.74 Å². The Morgan fingerprint density at radius 2 is 1.95 bits per heavy atom. The molecular formula is C14H12N2O3. The van der Waals surface area contributed by atoms with E-state index in [1.54, 1.807) is 12.1 Å². The van der Waals surface area contributed by atoms with E-state index in [0.29, 0.717) is 17.9 Å². The van der Waals surface area contributed by atoms with Gasteiger partial charge in [0.15, 0.2) is 0 Å². The van der Waals surface area contributed by atoms with Crippen LogP contribution in [0, 0.1) is 0 Å². The summed E-state index contributed by atoms with van der Waals surface area (Å²) in [6.45, 7) is 0.571. The van der Waals surface area contributed by atoms with Gasteiger partial charge in [-0.3, -0.25) is 14.5 Å². The van der Waals surface area contributed by atoms with Gasteiger partial charge in [-0.25, -0.2) is 0 Å². The SMILES string of the molecule is O=C1c2ccccc2COCN1c1ccc(=O)[nH]c1. The number of aromatic nitrogens is 1. The Morgan fingerprint density at radius 3 is 2.74 bits per heavy atom. The van der Waals surface area contributed by atoms with Crippen LogP contribution in [0.3, 0.4) is 0 Å². The quantitative estimate of drug-likeness (QED) is 0.841. The first-order valence-electron chi connectivity index (χ1n) is 5.92.